The Balaban J connectivity index is 1.92. The molecule has 0 atom stereocenters. The molecule has 1 aromatic carbocycles. The third-order valence-corrected chi connectivity index (χ3v) is 5.42. The van der Waals surface area contributed by atoms with Crippen LogP contribution in [0, 0.1) is 5.82 Å². The second kappa shape index (κ2) is 3.95. The van der Waals surface area contributed by atoms with Crippen molar-refractivity contribution in [2.75, 3.05) is 31.6 Å². The highest BCUT2D eigenvalue weighted by molar-refractivity contribution is 5.66. The van der Waals surface area contributed by atoms with Gasteiger partial charge in [-0.1, -0.05) is 12.5 Å². The van der Waals surface area contributed by atoms with Gasteiger partial charge in [0.05, 0.1) is 0 Å². The number of hydrogen-bond acceptors (Lipinski definition) is 2. The minimum atomic E-state index is 0.0349. The van der Waals surface area contributed by atoms with Gasteiger partial charge in [-0.05, 0) is 37.9 Å². The zero-order chi connectivity index (χ0) is 13.0. The molecule has 1 aliphatic carbocycles. The van der Waals surface area contributed by atoms with E-state index in [0.717, 1.165) is 38.2 Å². The van der Waals surface area contributed by atoms with Gasteiger partial charge in [0.1, 0.15) is 5.82 Å². The zero-order valence-electron chi connectivity index (χ0n) is 11.6. The Morgan fingerprint density at radius 2 is 1.95 bits per heavy atom. The molecule has 0 bridgehead atoms. The molecule has 2 nitrogen and oxygen atoms in total. The van der Waals surface area contributed by atoms with E-state index < -0.39 is 0 Å². The molecule has 0 aromatic heterocycles. The van der Waals surface area contributed by atoms with E-state index in [-0.39, 0.29) is 11.2 Å². The molecule has 1 saturated carbocycles. The number of rotatable bonds is 0. The first kappa shape index (κ1) is 11.7. The van der Waals surface area contributed by atoms with Crippen LogP contribution in [0.4, 0.5) is 10.1 Å². The molecule has 0 amide bonds. The van der Waals surface area contributed by atoms with E-state index >= 15 is 0 Å². The summed E-state index contributed by atoms with van der Waals surface area (Å²) in [7, 11) is 2.16. The fraction of sp³-hybridized carbons (Fsp3) is 0.625. The topological polar surface area (TPSA) is 6.48 Å². The van der Waals surface area contributed by atoms with Crippen LogP contribution in [0.3, 0.4) is 0 Å². The predicted octanol–water partition coefficient (Wildman–Crippen LogP) is 2.90. The Morgan fingerprint density at radius 3 is 2.68 bits per heavy atom. The molecular formula is C16H21FN2. The summed E-state index contributed by atoms with van der Waals surface area (Å²) in [5.74, 6) is 0.0349. The first-order valence-electron chi connectivity index (χ1n) is 7.45. The largest absolute Gasteiger partial charge is 0.370 e. The summed E-state index contributed by atoms with van der Waals surface area (Å²) in [5, 5.41) is 0. The lowest BCUT2D eigenvalue weighted by Crippen LogP contribution is -2.46. The fourth-order valence-electron chi connectivity index (χ4n) is 4.18. The second-order valence-corrected chi connectivity index (χ2v) is 6.54. The van der Waals surface area contributed by atoms with Gasteiger partial charge < -0.3 is 9.80 Å². The molecular weight excluding hydrogens is 239 g/mol. The summed E-state index contributed by atoms with van der Waals surface area (Å²) in [4.78, 5) is 4.78. The highest BCUT2D eigenvalue weighted by Crippen LogP contribution is 2.54. The molecule has 0 unspecified atom stereocenters. The van der Waals surface area contributed by atoms with E-state index in [4.69, 9.17) is 0 Å². The lowest BCUT2D eigenvalue weighted by molar-refractivity contribution is 0.212. The van der Waals surface area contributed by atoms with E-state index in [0.29, 0.717) is 0 Å². The molecule has 0 saturated heterocycles. The fourth-order valence-corrected chi connectivity index (χ4v) is 4.18. The number of nitrogens with zero attached hydrogens (tertiary/aromatic N) is 2. The predicted molar refractivity (Wildman–Crippen MR) is 75.1 cm³/mol. The molecule has 0 radical (unpaired) electrons. The Kier molecular flexibility index (Phi) is 2.44. The summed E-state index contributed by atoms with van der Waals surface area (Å²) >= 11 is 0. The van der Waals surface area contributed by atoms with Gasteiger partial charge in [-0.25, -0.2) is 4.39 Å². The Morgan fingerprint density at radius 1 is 1.11 bits per heavy atom. The smallest absolute Gasteiger partial charge is 0.129 e. The average molecular weight is 260 g/mol. The van der Waals surface area contributed by atoms with Gasteiger partial charge in [0.15, 0.2) is 0 Å². The summed E-state index contributed by atoms with van der Waals surface area (Å²) in [6.07, 6.45) is 4.78. The third kappa shape index (κ3) is 1.57. The number of hydrogen-bond donors (Lipinski definition) is 0. The van der Waals surface area contributed by atoms with Crippen LogP contribution >= 0.6 is 0 Å². The van der Waals surface area contributed by atoms with Crippen molar-refractivity contribution in [3.05, 3.63) is 29.1 Å². The van der Waals surface area contributed by atoms with Gasteiger partial charge in [0.25, 0.3) is 0 Å². The van der Waals surface area contributed by atoms with Crippen molar-refractivity contribution in [3.63, 3.8) is 0 Å². The van der Waals surface area contributed by atoms with Crippen LogP contribution in [-0.2, 0) is 12.0 Å². The maximum atomic E-state index is 14.5. The SMILES string of the molecule is CN1CCN2CCC3(CCC3)c3c(F)ccc(c32)C1. The van der Waals surface area contributed by atoms with Gasteiger partial charge in [-0.3, -0.25) is 0 Å². The number of fused-ring (bicyclic) bond motifs is 1. The quantitative estimate of drug-likeness (QED) is 0.707. The molecule has 3 aliphatic rings. The molecule has 19 heavy (non-hydrogen) atoms. The van der Waals surface area contributed by atoms with Crippen LogP contribution in [0.2, 0.25) is 0 Å². The van der Waals surface area contributed by atoms with Crippen molar-refractivity contribution < 1.29 is 4.39 Å². The standard InChI is InChI=1S/C16H21FN2/c1-18-9-10-19-8-7-16(5-2-6-16)14-13(17)4-3-12(11-18)15(14)19/h3-4H,2,5-11H2,1H3. The summed E-state index contributed by atoms with van der Waals surface area (Å²) in [6.45, 7) is 4.17. The lowest BCUT2D eigenvalue weighted by Gasteiger charge is -2.50. The highest BCUT2D eigenvalue weighted by Gasteiger charge is 2.46. The van der Waals surface area contributed by atoms with Gasteiger partial charge in [0, 0.05) is 42.8 Å². The minimum Gasteiger partial charge on any atom is -0.370 e. The molecule has 1 aromatic rings. The Bertz CT molecular complexity index is 522. The Hall–Kier alpha value is -1.09. The molecule has 1 spiro atoms. The van der Waals surface area contributed by atoms with Crippen LogP contribution in [0.1, 0.15) is 36.8 Å². The van der Waals surface area contributed by atoms with Crippen molar-refractivity contribution >= 4 is 5.69 Å². The Labute approximate surface area is 114 Å². The molecule has 2 heterocycles. The monoisotopic (exact) mass is 260 g/mol. The highest BCUT2D eigenvalue weighted by atomic mass is 19.1. The van der Waals surface area contributed by atoms with Crippen molar-refractivity contribution in [1.82, 2.24) is 4.90 Å². The number of benzene rings is 1. The van der Waals surface area contributed by atoms with Gasteiger partial charge in [0.2, 0.25) is 0 Å². The molecule has 102 valence electrons. The van der Waals surface area contributed by atoms with E-state index in [1.807, 2.05) is 6.07 Å². The first-order chi connectivity index (χ1) is 9.20. The van der Waals surface area contributed by atoms with Crippen molar-refractivity contribution in [2.24, 2.45) is 0 Å². The van der Waals surface area contributed by atoms with Gasteiger partial charge >= 0.3 is 0 Å². The van der Waals surface area contributed by atoms with Gasteiger partial charge in [-0.15, -0.1) is 0 Å². The lowest BCUT2D eigenvalue weighted by atomic mass is 9.60. The molecule has 0 N–H and O–H groups in total. The van der Waals surface area contributed by atoms with Crippen LogP contribution < -0.4 is 4.90 Å². The van der Waals surface area contributed by atoms with Crippen molar-refractivity contribution in [1.29, 1.82) is 0 Å². The normalized spacial score (nSPS) is 24.8. The van der Waals surface area contributed by atoms with E-state index in [1.165, 1.54) is 30.5 Å². The molecule has 4 rings (SSSR count). The zero-order valence-corrected chi connectivity index (χ0v) is 11.6. The average Bonchev–Trinajstić information content (AvgIpc) is 2.52. The number of likely N-dealkylation sites (N-methyl/N-ethyl adjacent to an activating group) is 1. The summed E-state index contributed by atoms with van der Waals surface area (Å²) < 4.78 is 14.5. The molecule has 3 heteroatoms. The second-order valence-electron chi connectivity index (χ2n) is 6.54. The van der Waals surface area contributed by atoms with E-state index in [9.17, 15) is 4.39 Å². The third-order valence-electron chi connectivity index (χ3n) is 5.42. The summed E-state index contributed by atoms with van der Waals surface area (Å²) in [5.41, 5.74) is 3.80. The maximum Gasteiger partial charge on any atom is 0.129 e. The van der Waals surface area contributed by atoms with Crippen LogP contribution in [-0.4, -0.2) is 31.6 Å². The van der Waals surface area contributed by atoms with Crippen LogP contribution in [0.5, 0.6) is 0 Å². The van der Waals surface area contributed by atoms with E-state index in [1.54, 1.807) is 6.07 Å². The number of anilines is 1. The minimum absolute atomic E-state index is 0.0349. The summed E-state index contributed by atoms with van der Waals surface area (Å²) in [6, 6.07) is 3.71. The van der Waals surface area contributed by atoms with Crippen molar-refractivity contribution in [2.45, 2.75) is 37.6 Å². The van der Waals surface area contributed by atoms with Crippen molar-refractivity contribution in [3.8, 4) is 0 Å². The van der Waals surface area contributed by atoms with Gasteiger partial charge in [-0.2, -0.15) is 0 Å². The van der Waals surface area contributed by atoms with E-state index in [2.05, 4.69) is 16.8 Å². The van der Waals surface area contributed by atoms with Crippen LogP contribution in [0.25, 0.3) is 0 Å². The number of halogens is 1. The maximum absolute atomic E-state index is 14.5. The van der Waals surface area contributed by atoms with Crippen LogP contribution in [0.15, 0.2) is 12.1 Å². The molecule has 2 aliphatic heterocycles. The first-order valence-corrected chi connectivity index (χ1v) is 7.45. The molecule has 1 fully saturated rings.